The van der Waals surface area contributed by atoms with Crippen LogP contribution in [0, 0.1) is 5.92 Å². The molecule has 0 saturated heterocycles. The zero-order valence-electron chi connectivity index (χ0n) is 15.9. The number of carbonyl (C=O) groups is 1. The van der Waals surface area contributed by atoms with Gasteiger partial charge in [-0.25, -0.2) is 14.6 Å². The van der Waals surface area contributed by atoms with E-state index in [0.29, 0.717) is 37.8 Å². The van der Waals surface area contributed by atoms with Gasteiger partial charge in [-0.05, 0) is 30.9 Å². The van der Waals surface area contributed by atoms with Crippen molar-refractivity contribution in [2.24, 2.45) is 5.92 Å². The second kappa shape index (κ2) is 8.86. The van der Waals surface area contributed by atoms with Gasteiger partial charge < -0.3 is 15.1 Å². The highest BCUT2D eigenvalue weighted by Gasteiger charge is 2.17. The van der Waals surface area contributed by atoms with Crippen LogP contribution in [0.5, 0.6) is 0 Å². The predicted molar refractivity (Wildman–Crippen MR) is 106 cm³/mol. The van der Waals surface area contributed by atoms with E-state index < -0.39 is 0 Å². The maximum Gasteiger partial charge on any atom is 0.220 e. The van der Waals surface area contributed by atoms with Gasteiger partial charge in [0.2, 0.25) is 5.91 Å². The van der Waals surface area contributed by atoms with Crippen LogP contribution in [0.1, 0.15) is 44.3 Å². The van der Waals surface area contributed by atoms with E-state index in [2.05, 4.69) is 25.7 Å². The molecule has 1 aliphatic carbocycles. The van der Waals surface area contributed by atoms with Crippen LogP contribution in [0.2, 0.25) is 0 Å². The van der Waals surface area contributed by atoms with Gasteiger partial charge in [-0.3, -0.25) is 4.79 Å². The third kappa shape index (κ3) is 4.49. The standard InChI is InChI=1S/C20H26N6O2/c27-18(11-15-5-2-1-3-6-15)21-8-9-26-20-17(13-25-26)19(23-14-24-20)22-12-16-7-4-10-28-16/h4,7,10,13-15H,1-3,5-6,8-9,11-12H2,(H,21,27)(H,22,23,24). The van der Waals surface area contributed by atoms with Crippen molar-refractivity contribution >= 4 is 22.8 Å². The van der Waals surface area contributed by atoms with Gasteiger partial charge in [-0.1, -0.05) is 19.3 Å². The lowest BCUT2D eigenvalue weighted by Crippen LogP contribution is -2.29. The number of hydrogen-bond donors (Lipinski definition) is 2. The molecule has 148 valence electrons. The molecular formula is C20H26N6O2. The van der Waals surface area contributed by atoms with Gasteiger partial charge in [0, 0.05) is 13.0 Å². The first-order chi connectivity index (χ1) is 13.8. The monoisotopic (exact) mass is 382 g/mol. The predicted octanol–water partition coefficient (Wildman–Crippen LogP) is 3.12. The molecular weight excluding hydrogens is 356 g/mol. The third-order valence-electron chi connectivity index (χ3n) is 5.29. The normalized spacial score (nSPS) is 15.0. The number of carbonyl (C=O) groups excluding carboxylic acids is 1. The fourth-order valence-corrected chi connectivity index (χ4v) is 3.81. The van der Waals surface area contributed by atoms with Gasteiger partial charge in [0.15, 0.2) is 5.65 Å². The summed E-state index contributed by atoms with van der Waals surface area (Å²) in [5, 5.41) is 11.5. The van der Waals surface area contributed by atoms with E-state index in [0.717, 1.165) is 16.8 Å². The minimum absolute atomic E-state index is 0.138. The molecule has 0 radical (unpaired) electrons. The number of furan rings is 1. The van der Waals surface area contributed by atoms with Crippen molar-refractivity contribution in [3.63, 3.8) is 0 Å². The molecule has 0 bridgehead atoms. The number of hydrogen-bond acceptors (Lipinski definition) is 6. The van der Waals surface area contributed by atoms with E-state index in [1.54, 1.807) is 17.1 Å². The van der Waals surface area contributed by atoms with Crippen molar-refractivity contribution in [3.8, 4) is 0 Å². The first-order valence-corrected chi connectivity index (χ1v) is 9.99. The van der Waals surface area contributed by atoms with Gasteiger partial charge in [0.25, 0.3) is 0 Å². The highest BCUT2D eigenvalue weighted by molar-refractivity contribution is 5.86. The zero-order chi connectivity index (χ0) is 19.2. The molecule has 0 spiro atoms. The number of rotatable bonds is 8. The summed E-state index contributed by atoms with van der Waals surface area (Å²) in [5.41, 5.74) is 0.749. The summed E-state index contributed by atoms with van der Waals surface area (Å²) in [6.07, 6.45) is 11.8. The van der Waals surface area contributed by atoms with Crippen LogP contribution in [0.15, 0.2) is 35.3 Å². The average Bonchev–Trinajstić information content (AvgIpc) is 3.37. The fourth-order valence-electron chi connectivity index (χ4n) is 3.81. The van der Waals surface area contributed by atoms with Crippen LogP contribution in [0.4, 0.5) is 5.82 Å². The molecule has 0 aliphatic heterocycles. The summed E-state index contributed by atoms with van der Waals surface area (Å²) in [4.78, 5) is 20.8. The van der Waals surface area contributed by atoms with Gasteiger partial charge in [-0.15, -0.1) is 0 Å². The quantitative estimate of drug-likeness (QED) is 0.621. The third-order valence-corrected chi connectivity index (χ3v) is 5.29. The second-order valence-corrected chi connectivity index (χ2v) is 7.32. The number of fused-ring (bicyclic) bond motifs is 1. The maximum absolute atomic E-state index is 12.2. The molecule has 3 heterocycles. The minimum Gasteiger partial charge on any atom is -0.467 e. The van der Waals surface area contributed by atoms with Crippen LogP contribution in [-0.4, -0.2) is 32.2 Å². The maximum atomic E-state index is 12.2. The van der Waals surface area contributed by atoms with E-state index in [4.69, 9.17) is 4.42 Å². The highest BCUT2D eigenvalue weighted by Crippen LogP contribution is 2.26. The number of nitrogens with zero attached hydrogens (tertiary/aromatic N) is 4. The van der Waals surface area contributed by atoms with E-state index in [9.17, 15) is 4.79 Å². The Labute approximate surface area is 163 Å². The molecule has 0 atom stereocenters. The molecule has 1 aliphatic rings. The Morgan fingerprint density at radius 3 is 2.96 bits per heavy atom. The summed E-state index contributed by atoms with van der Waals surface area (Å²) < 4.78 is 7.14. The van der Waals surface area contributed by atoms with Crippen LogP contribution >= 0.6 is 0 Å². The van der Waals surface area contributed by atoms with E-state index in [-0.39, 0.29) is 5.91 Å². The topological polar surface area (TPSA) is 97.9 Å². The molecule has 2 N–H and O–H groups in total. The summed E-state index contributed by atoms with van der Waals surface area (Å²) in [6, 6.07) is 3.76. The van der Waals surface area contributed by atoms with Crippen molar-refractivity contribution in [1.82, 2.24) is 25.1 Å². The lowest BCUT2D eigenvalue weighted by atomic mass is 9.87. The van der Waals surface area contributed by atoms with Crippen molar-refractivity contribution in [2.75, 3.05) is 11.9 Å². The Hall–Kier alpha value is -2.90. The van der Waals surface area contributed by atoms with Crippen molar-refractivity contribution < 1.29 is 9.21 Å². The van der Waals surface area contributed by atoms with E-state index >= 15 is 0 Å². The number of aromatic nitrogens is 4. The van der Waals surface area contributed by atoms with E-state index in [1.807, 2.05) is 12.1 Å². The van der Waals surface area contributed by atoms with Gasteiger partial charge >= 0.3 is 0 Å². The number of amides is 1. The van der Waals surface area contributed by atoms with Crippen molar-refractivity contribution in [3.05, 3.63) is 36.7 Å². The first-order valence-electron chi connectivity index (χ1n) is 9.99. The van der Waals surface area contributed by atoms with Crippen LogP contribution in [-0.2, 0) is 17.9 Å². The molecule has 1 saturated carbocycles. The minimum atomic E-state index is 0.138. The van der Waals surface area contributed by atoms with Gasteiger partial charge in [0.05, 0.1) is 30.9 Å². The molecule has 8 heteroatoms. The first kappa shape index (κ1) is 18.5. The molecule has 3 aromatic rings. The van der Waals surface area contributed by atoms with Crippen LogP contribution < -0.4 is 10.6 Å². The molecule has 0 unspecified atom stereocenters. The second-order valence-electron chi connectivity index (χ2n) is 7.32. The smallest absolute Gasteiger partial charge is 0.220 e. The lowest BCUT2D eigenvalue weighted by Gasteiger charge is -2.20. The Morgan fingerprint density at radius 2 is 2.14 bits per heavy atom. The molecule has 3 aromatic heterocycles. The van der Waals surface area contributed by atoms with Crippen LogP contribution in [0.3, 0.4) is 0 Å². The molecule has 1 amide bonds. The molecule has 0 aromatic carbocycles. The zero-order valence-corrected chi connectivity index (χ0v) is 15.9. The summed E-state index contributed by atoms with van der Waals surface area (Å²) in [7, 11) is 0. The Morgan fingerprint density at radius 1 is 1.25 bits per heavy atom. The lowest BCUT2D eigenvalue weighted by molar-refractivity contribution is -0.122. The molecule has 4 rings (SSSR count). The molecule has 1 fully saturated rings. The van der Waals surface area contributed by atoms with Crippen LogP contribution in [0.25, 0.3) is 11.0 Å². The Bertz CT molecular complexity index is 899. The average molecular weight is 382 g/mol. The summed E-state index contributed by atoms with van der Waals surface area (Å²) in [6.45, 7) is 1.66. The largest absolute Gasteiger partial charge is 0.467 e. The summed E-state index contributed by atoms with van der Waals surface area (Å²) in [5.74, 6) is 2.24. The Balaban J connectivity index is 1.31. The highest BCUT2D eigenvalue weighted by atomic mass is 16.3. The Kier molecular flexibility index (Phi) is 5.84. The molecule has 8 nitrogen and oxygen atoms in total. The van der Waals surface area contributed by atoms with Crippen molar-refractivity contribution in [2.45, 2.75) is 51.6 Å². The molecule has 28 heavy (non-hydrogen) atoms. The number of nitrogens with one attached hydrogen (secondary N) is 2. The van der Waals surface area contributed by atoms with Gasteiger partial charge in [0.1, 0.15) is 17.9 Å². The SMILES string of the molecule is O=C(CC1CCCCC1)NCCn1ncc2c(NCc3ccco3)ncnc21. The van der Waals surface area contributed by atoms with Crippen molar-refractivity contribution in [1.29, 1.82) is 0 Å². The fraction of sp³-hybridized carbons (Fsp3) is 0.500. The van der Waals surface area contributed by atoms with Gasteiger partial charge in [-0.2, -0.15) is 5.10 Å². The van der Waals surface area contributed by atoms with E-state index in [1.165, 1.54) is 38.4 Å². The number of anilines is 1. The summed E-state index contributed by atoms with van der Waals surface area (Å²) >= 11 is 0.